The lowest BCUT2D eigenvalue weighted by Crippen LogP contribution is -2.21. The van der Waals surface area contributed by atoms with Crippen LogP contribution in [0.5, 0.6) is 0 Å². The molecule has 7 heteroatoms. The number of amides is 2. The minimum atomic E-state index is -2.64. The number of carbonyl (C=O) groups excluding carboxylic acids is 2. The minimum Gasteiger partial charge on any atom is -0.354 e. The van der Waals surface area contributed by atoms with E-state index < -0.39 is 12.9 Å². The summed E-state index contributed by atoms with van der Waals surface area (Å²) in [6.07, 6.45) is 3.08. The van der Waals surface area contributed by atoms with Crippen molar-refractivity contribution >= 4 is 29.2 Å². The van der Waals surface area contributed by atoms with Gasteiger partial charge in [0.1, 0.15) is 0 Å². The lowest BCUT2D eigenvalue weighted by atomic mass is 10.3. The van der Waals surface area contributed by atoms with Crippen molar-refractivity contribution in [2.75, 3.05) is 12.3 Å². The maximum absolute atomic E-state index is 12.0. The summed E-state index contributed by atoms with van der Waals surface area (Å²) < 4.78 is 20.9. The smallest absolute Gasteiger partial charge is 0.273 e. The summed E-state index contributed by atoms with van der Waals surface area (Å²) in [7, 11) is 0. The first-order chi connectivity index (χ1) is 10.2. The molecule has 1 heterocycles. The van der Waals surface area contributed by atoms with Gasteiger partial charge in [-0.25, -0.2) is 0 Å². The van der Waals surface area contributed by atoms with E-state index in [1.54, 1.807) is 5.32 Å². The van der Waals surface area contributed by atoms with Crippen molar-refractivity contribution in [3.05, 3.63) is 16.8 Å². The summed E-state index contributed by atoms with van der Waals surface area (Å²) >= 11 is 5.90. The van der Waals surface area contributed by atoms with E-state index in [1.165, 1.54) is 6.07 Å². The molecule has 0 unspecified atom stereocenters. The predicted octanol–water partition coefficient (Wildman–Crippen LogP) is 1.23. The maximum atomic E-state index is 12.0. The Morgan fingerprint density at radius 2 is 2.32 bits per heavy atom. The third-order valence-electron chi connectivity index (χ3n) is 3.73. The van der Waals surface area contributed by atoms with Gasteiger partial charge >= 0.3 is 0 Å². The van der Waals surface area contributed by atoms with Crippen molar-refractivity contribution in [3.8, 4) is 0 Å². The quantitative estimate of drug-likeness (QED) is 0.874. The van der Waals surface area contributed by atoms with E-state index in [9.17, 15) is 9.59 Å². The van der Waals surface area contributed by atoms with Crippen LogP contribution >= 0.6 is 11.6 Å². The third-order valence-corrected chi connectivity index (χ3v) is 4.01. The molecule has 0 saturated heterocycles. The molecule has 0 radical (unpaired) electrons. The minimum absolute atomic E-state index is 0.0200. The average molecular weight is 284 g/mol. The van der Waals surface area contributed by atoms with Gasteiger partial charge in [-0.2, -0.15) is 0 Å². The van der Waals surface area contributed by atoms with Gasteiger partial charge in [-0.05, 0) is 24.7 Å². The van der Waals surface area contributed by atoms with Crippen LogP contribution in [0.1, 0.15) is 33.9 Å². The number of hydrogen-bond donors (Lipinski definition) is 2. The molecule has 2 N–H and O–H groups in total. The SMILES string of the molecule is [2H]C([2H])([2H])NC(=O)c1nnc(NC(=O)[C@H]2CC23CC3)cc1Cl. The van der Waals surface area contributed by atoms with Gasteiger partial charge in [0.05, 0.1) is 5.02 Å². The number of halogens is 1. The van der Waals surface area contributed by atoms with E-state index in [1.807, 2.05) is 0 Å². The Hall–Kier alpha value is -1.69. The van der Waals surface area contributed by atoms with Crippen LogP contribution in [0.15, 0.2) is 6.07 Å². The molecule has 19 heavy (non-hydrogen) atoms. The van der Waals surface area contributed by atoms with Crippen LogP contribution in [-0.4, -0.2) is 29.0 Å². The van der Waals surface area contributed by atoms with Gasteiger partial charge in [0.15, 0.2) is 11.5 Å². The largest absolute Gasteiger partial charge is 0.354 e. The normalized spacial score (nSPS) is 24.9. The Kier molecular flexibility index (Phi) is 2.03. The molecule has 0 aromatic carbocycles. The number of nitrogens with one attached hydrogen (secondary N) is 2. The van der Waals surface area contributed by atoms with Gasteiger partial charge in [-0.3, -0.25) is 9.59 Å². The Morgan fingerprint density at radius 1 is 1.53 bits per heavy atom. The Labute approximate surface area is 119 Å². The molecule has 100 valence electrons. The molecular formula is C12H13ClN4O2. The monoisotopic (exact) mass is 283 g/mol. The third kappa shape index (κ3) is 2.16. The molecule has 1 atom stereocenters. The van der Waals surface area contributed by atoms with Crippen molar-refractivity contribution in [3.63, 3.8) is 0 Å². The number of aromatic nitrogens is 2. The lowest BCUT2D eigenvalue weighted by molar-refractivity contribution is -0.117. The molecule has 0 aliphatic heterocycles. The van der Waals surface area contributed by atoms with Crippen LogP contribution in [0.4, 0.5) is 5.82 Å². The molecule has 0 bridgehead atoms. The fourth-order valence-corrected chi connectivity index (χ4v) is 2.51. The first-order valence-electron chi connectivity index (χ1n) is 7.37. The van der Waals surface area contributed by atoms with Crippen LogP contribution in [0.2, 0.25) is 5.02 Å². The van der Waals surface area contributed by atoms with Gasteiger partial charge in [0, 0.05) is 23.1 Å². The van der Waals surface area contributed by atoms with Crippen LogP contribution in [0, 0.1) is 11.3 Å². The Bertz CT molecular complexity index is 660. The molecular weight excluding hydrogens is 268 g/mol. The number of hydrogen-bond acceptors (Lipinski definition) is 4. The second-order valence-corrected chi connectivity index (χ2v) is 5.40. The number of carbonyl (C=O) groups is 2. The van der Waals surface area contributed by atoms with Gasteiger partial charge in [-0.15, -0.1) is 10.2 Å². The molecule has 1 aromatic heterocycles. The highest BCUT2D eigenvalue weighted by Gasteiger charge is 2.65. The highest BCUT2D eigenvalue weighted by Crippen LogP contribution is 2.70. The van der Waals surface area contributed by atoms with Crippen LogP contribution in [0.3, 0.4) is 0 Å². The molecule has 2 aliphatic rings. The second kappa shape index (κ2) is 4.16. The average Bonchev–Trinajstić information content (AvgIpc) is 3.28. The van der Waals surface area contributed by atoms with Crippen LogP contribution < -0.4 is 10.6 Å². The highest BCUT2D eigenvalue weighted by molar-refractivity contribution is 6.33. The number of anilines is 1. The summed E-state index contributed by atoms with van der Waals surface area (Å²) in [6.45, 7) is -2.64. The fraction of sp³-hybridized carbons (Fsp3) is 0.500. The number of rotatable bonds is 3. The molecule has 2 saturated carbocycles. The lowest BCUT2D eigenvalue weighted by Gasteiger charge is -2.05. The summed E-state index contributed by atoms with van der Waals surface area (Å²) in [5, 5.41) is 11.6. The van der Waals surface area contributed by atoms with E-state index in [0.29, 0.717) is 0 Å². The Morgan fingerprint density at radius 3 is 2.89 bits per heavy atom. The molecule has 3 rings (SSSR count). The molecule has 1 spiro atoms. The maximum Gasteiger partial charge on any atom is 0.273 e. The van der Waals surface area contributed by atoms with Crippen LogP contribution in [0.25, 0.3) is 0 Å². The second-order valence-electron chi connectivity index (χ2n) is 4.99. The topological polar surface area (TPSA) is 84.0 Å². The molecule has 2 amide bonds. The summed E-state index contributed by atoms with van der Waals surface area (Å²) in [6, 6.07) is 1.28. The summed E-state index contributed by atoms with van der Waals surface area (Å²) in [5.41, 5.74) is -0.0817. The summed E-state index contributed by atoms with van der Waals surface area (Å²) in [4.78, 5) is 23.7. The Balaban J connectivity index is 1.66. The highest BCUT2D eigenvalue weighted by atomic mass is 35.5. The van der Waals surface area contributed by atoms with Gasteiger partial charge in [0.25, 0.3) is 5.91 Å². The first-order valence-corrected chi connectivity index (χ1v) is 6.25. The molecule has 2 fully saturated rings. The molecule has 6 nitrogen and oxygen atoms in total. The van der Waals surface area contributed by atoms with E-state index in [0.717, 1.165) is 19.3 Å². The zero-order chi connectivity index (χ0) is 16.1. The first kappa shape index (κ1) is 9.25. The van der Waals surface area contributed by atoms with Crippen molar-refractivity contribution in [1.29, 1.82) is 0 Å². The van der Waals surface area contributed by atoms with Gasteiger partial charge in [0.2, 0.25) is 5.91 Å². The standard InChI is InChI=1S/C12H13ClN4O2/c1-14-11(19)9-7(13)4-8(16-17-9)15-10(18)6-5-12(6)2-3-12/h4,6H,2-3,5H2,1H3,(H,14,19)(H,15,16,18)/t6-/m1/s1/i1D3. The fourth-order valence-electron chi connectivity index (χ4n) is 2.29. The van der Waals surface area contributed by atoms with E-state index >= 15 is 0 Å². The van der Waals surface area contributed by atoms with Crippen molar-refractivity contribution in [2.45, 2.75) is 19.3 Å². The summed E-state index contributed by atoms with van der Waals surface area (Å²) in [5.74, 6) is -0.910. The predicted molar refractivity (Wildman–Crippen MR) is 68.8 cm³/mol. The number of nitrogens with zero attached hydrogens (tertiary/aromatic N) is 2. The van der Waals surface area contributed by atoms with E-state index in [4.69, 9.17) is 15.7 Å². The van der Waals surface area contributed by atoms with Gasteiger partial charge < -0.3 is 10.6 Å². The van der Waals surface area contributed by atoms with E-state index in [-0.39, 0.29) is 33.8 Å². The van der Waals surface area contributed by atoms with Crippen LogP contribution in [-0.2, 0) is 4.79 Å². The zero-order valence-electron chi connectivity index (χ0n) is 12.9. The van der Waals surface area contributed by atoms with Gasteiger partial charge in [-0.1, -0.05) is 11.6 Å². The van der Waals surface area contributed by atoms with Crippen molar-refractivity contribution in [2.24, 2.45) is 11.3 Å². The van der Waals surface area contributed by atoms with E-state index in [2.05, 4.69) is 15.5 Å². The molecule has 1 aromatic rings. The zero-order valence-corrected chi connectivity index (χ0v) is 10.6. The van der Waals surface area contributed by atoms with Crippen molar-refractivity contribution in [1.82, 2.24) is 15.5 Å². The molecule has 2 aliphatic carbocycles. The van der Waals surface area contributed by atoms with Crippen molar-refractivity contribution < 1.29 is 13.7 Å².